The van der Waals surface area contributed by atoms with Gasteiger partial charge < -0.3 is 4.74 Å². The predicted octanol–water partition coefficient (Wildman–Crippen LogP) is 2.80. The number of rotatable bonds is 1. The second-order valence-corrected chi connectivity index (χ2v) is 2.67. The monoisotopic (exact) mass is 174 g/mol. The van der Waals surface area contributed by atoms with Crippen molar-refractivity contribution < 1.29 is 9.13 Å². The van der Waals surface area contributed by atoms with Crippen LogP contribution in [0, 0.1) is 12.7 Å². The molecular formula is C8H8ClFO. The first-order chi connectivity index (χ1) is 5.15. The van der Waals surface area contributed by atoms with E-state index in [9.17, 15) is 4.39 Å². The highest BCUT2D eigenvalue weighted by Gasteiger charge is 2.07. The Morgan fingerprint density at radius 2 is 2.09 bits per heavy atom. The summed E-state index contributed by atoms with van der Waals surface area (Å²) in [4.78, 5) is 0. The van der Waals surface area contributed by atoms with Gasteiger partial charge in [0.2, 0.25) is 0 Å². The lowest BCUT2D eigenvalue weighted by Gasteiger charge is -2.04. The van der Waals surface area contributed by atoms with E-state index in [2.05, 4.69) is 0 Å². The Balaban J connectivity index is 3.25. The summed E-state index contributed by atoms with van der Waals surface area (Å²) in [6.07, 6.45) is 0. The lowest BCUT2D eigenvalue weighted by atomic mass is 10.2. The standard InChI is InChI=1S/C8H8ClFO/c1-5-3-6(9)8(11-2)7(10)4-5/h3-4H,1-2H3. The zero-order chi connectivity index (χ0) is 8.43. The van der Waals surface area contributed by atoms with Crippen molar-refractivity contribution in [3.8, 4) is 5.75 Å². The molecule has 0 aliphatic carbocycles. The highest BCUT2D eigenvalue weighted by atomic mass is 35.5. The van der Waals surface area contributed by atoms with Crippen molar-refractivity contribution in [3.05, 3.63) is 28.5 Å². The van der Waals surface area contributed by atoms with Crippen LogP contribution in [0.1, 0.15) is 5.56 Å². The number of benzene rings is 1. The van der Waals surface area contributed by atoms with E-state index >= 15 is 0 Å². The van der Waals surface area contributed by atoms with Crippen molar-refractivity contribution in [2.75, 3.05) is 7.11 Å². The van der Waals surface area contributed by atoms with Gasteiger partial charge in [-0.05, 0) is 24.6 Å². The van der Waals surface area contributed by atoms with E-state index in [1.54, 1.807) is 13.0 Å². The molecule has 0 saturated heterocycles. The molecule has 0 aliphatic heterocycles. The lowest BCUT2D eigenvalue weighted by Crippen LogP contribution is -1.89. The highest BCUT2D eigenvalue weighted by Crippen LogP contribution is 2.28. The van der Waals surface area contributed by atoms with E-state index in [0.717, 1.165) is 5.56 Å². The van der Waals surface area contributed by atoms with Crippen LogP contribution in [0.3, 0.4) is 0 Å². The van der Waals surface area contributed by atoms with Crippen LogP contribution in [0.2, 0.25) is 5.02 Å². The average molecular weight is 175 g/mol. The molecule has 0 radical (unpaired) electrons. The smallest absolute Gasteiger partial charge is 0.173 e. The minimum atomic E-state index is -0.419. The van der Waals surface area contributed by atoms with Gasteiger partial charge in [-0.15, -0.1) is 0 Å². The third kappa shape index (κ3) is 1.63. The quantitative estimate of drug-likeness (QED) is 0.636. The largest absolute Gasteiger partial charge is 0.492 e. The zero-order valence-corrected chi connectivity index (χ0v) is 7.07. The molecule has 0 heterocycles. The Morgan fingerprint density at radius 1 is 1.45 bits per heavy atom. The number of aryl methyl sites for hydroxylation is 1. The molecule has 1 aromatic rings. The van der Waals surface area contributed by atoms with Gasteiger partial charge >= 0.3 is 0 Å². The Morgan fingerprint density at radius 3 is 2.55 bits per heavy atom. The fourth-order valence-electron chi connectivity index (χ4n) is 0.882. The van der Waals surface area contributed by atoms with Crippen LogP contribution in [0.15, 0.2) is 12.1 Å². The molecule has 0 fully saturated rings. The van der Waals surface area contributed by atoms with Crippen molar-refractivity contribution >= 4 is 11.6 Å². The molecule has 0 N–H and O–H groups in total. The minimum absolute atomic E-state index is 0.109. The molecule has 60 valence electrons. The Kier molecular flexibility index (Phi) is 2.35. The SMILES string of the molecule is COc1c(F)cc(C)cc1Cl. The van der Waals surface area contributed by atoms with Gasteiger partial charge in [0.25, 0.3) is 0 Å². The Bertz CT molecular complexity index is 250. The summed E-state index contributed by atoms with van der Waals surface area (Å²) in [5.41, 5.74) is 0.785. The first-order valence-electron chi connectivity index (χ1n) is 3.15. The maximum absolute atomic E-state index is 12.9. The molecule has 1 aromatic carbocycles. The van der Waals surface area contributed by atoms with Crippen molar-refractivity contribution in [3.63, 3.8) is 0 Å². The second kappa shape index (κ2) is 3.09. The van der Waals surface area contributed by atoms with Crippen molar-refractivity contribution in [1.82, 2.24) is 0 Å². The van der Waals surface area contributed by atoms with Crippen LogP contribution in [-0.4, -0.2) is 7.11 Å². The normalized spacial score (nSPS) is 9.82. The molecule has 3 heteroatoms. The van der Waals surface area contributed by atoms with Crippen molar-refractivity contribution in [2.45, 2.75) is 6.92 Å². The summed E-state index contributed by atoms with van der Waals surface area (Å²) in [6.45, 7) is 1.77. The van der Waals surface area contributed by atoms with Crippen LogP contribution in [0.25, 0.3) is 0 Å². The molecule has 0 unspecified atom stereocenters. The highest BCUT2D eigenvalue weighted by molar-refractivity contribution is 6.32. The van der Waals surface area contributed by atoms with Gasteiger partial charge in [0.1, 0.15) is 0 Å². The van der Waals surface area contributed by atoms with Crippen LogP contribution in [-0.2, 0) is 0 Å². The van der Waals surface area contributed by atoms with E-state index in [0.29, 0.717) is 5.02 Å². The van der Waals surface area contributed by atoms with E-state index in [1.807, 2.05) is 0 Å². The van der Waals surface area contributed by atoms with Crippen molar-refractivity contribution in [2.24, 2.45) is 0 Å². The third-order valence-electron chi connectivity index (χ3n) is 1.35. The zero-order valence-electron chi connectivity index (χ0n) is 6.32. The second-order valence-electron chi connectivity index (χ2n) is 2.26. The Labute approximate surface area is 69.7 Å². The van der Waals surface area contributed by atoms with Gasteiger partial charge in [-0.25, -0.2) is 4.39 Å². The summed E-state index contributed by atoms with van der Waals surface area (Å²) < 4.78 is 17.6. The molecule has 11 heavy (non-hydrogen) atoms. The summed E-state index contributed by atoms with van der Waals surface area (Å²) in [6, 6.07) is 3.04. The lowest BCUT2D eigenvalue weighted by molar-refractivity contribution is 0.386. The average Bonchev–Trinajstić information content (AvgIpc) is 1.85. The molecule has 0 bridgehead atoms. The molecule has 0 atom stereocenters. The van der Waals surface area contributed by atoms with Gasteiger partial charge in [0.05, 0.1) is 12.1 Å². The summed E-state index contributed by atoms with van der Waals surface area (Å²) in [7, 11) is 1.39. The predicted molar refractivity (Wildman–Crippen MR) is 42.7 cm³/mol. The van der Waals surface area contributed by atoms with E-state index in [4.69, 9.17) is 16.3 Å². The number of hydrogen-bond acceptors (Lipinski definition) is 1. The summed E-state index contributed by atoms with van der Waals surface area (Å²) >= 11 is 5.67. The number of methoxy groups -OCH3 is 1. The molecule has 0 saturated carbocycles. The topological polar surface area (TPSA) is 9.23 Å². The maximum atomic E-state index is 12.9. The first kappa shape index (κ1) is 8.34. The number of halogens is 2. The molecule has 0 spiro atoms. The molecule has 0 aliphatic rings. The summed E-state index contributed by atoms with van der Waals surface area (Å²) in [5.74, 6) is -0.310. The minimum Gasteiger partial charge on any atom is -0.492 e. The third-order valence-corrected chi connectivity index (χ3v) is 1.63. The first-order valence-corrected chi connectivity index (χ1v) is 3.52. The molecule has 0 amide bonds. The van der Waals surface area contributed by atoms with E-state index in [-0.39, 0.29) is 5.75 Å². The number of ether oxygens (including phenoxy) is 1. The molecular weight excluding hydrogens is 167 g/mol. The van der Waals surface area contributed by atoms with Gasteiger partial charge in [-0.1, -0.05) is 11.6 Å². The summed E-state index contributed by atoms with van der Waals surface area (Å²) in [5, 5.41) is 0.310. The number of hydrogen-bond donors (Lipinski definition) is 0. The van der Waals surface area contributed by atoms with Gasteiger partial charge in [0, 0.05) is 0 Å². The fourth-order valence-corrected chi connectivity index (χ4v) is 1.22. The molecule has 1 rings (SSSR count). The maximum Gasteiger partial charge on any atom is 0.173 e. The molecule has 0 aromatic heterocycles. The van der Waals surface area contributed by atoms with Crippen molar-refractivity contribution in [1.29, 1.82) is 0 Å². The van der Waals surface area contributed by atoms with Gasteiger partial charge in [-0.3, -0.25) is 0 Å². The van der Waals surface area contributed by atoms with E-state index < -0.39 is 5.82 Å². The van der Waals surface area contributed by atoms with E-state index in [1.165, 1.54) is 13.2 Å². The van der Waals surface area contributed by atoms with Gasteiger partial charge in [-0.2, -0.15) is 0 Å². The van der Waals surface area contributed by atoms with Crippen LogP contribution < -0.4 is 4.74 Å². The van der Waals surface area contributed by atoms with Gasteiger partial charge in [0.15, 0.2) is 11.6 Å². The van der Waals surface area contributed by atoms with Crippen LogP contribution in [0.5, 0.6) is 5.75 Å². The fraction of sp³-hybridized carbons (Fsp3) is 0.250. The van der Waals surface area contributed by atoms with Crippen LogP contribution in [0.4, 0.5) is 4.39 Å². The Hall–Kier alpha value is -0.760. The van der Waals surface area contributed by atoms with Crippen LogP contribution >= 0.6 is 11.6 Å². The molecule has 1 nitrogen and oxygen atoms in total.